The number of nitrogens with one attached hydrogen (secondary N) is 1. The number of benzene rings is 2. The third-order valence-corrected chi connectivity index (χ3v) is 3.22. The van der Waals surface area contributed by atoms with Crippen molar-refractivity contribution < 1.29 is 0 Å². The van der Waals surface area contributed by atoms with Gasteiger partial charge in [-0.05, 0) is 35.2 Å². The van der Waals surface area contributed by atoms with Crippen LogP contribution in [0.15, 0.2) is 60.9 Å². The molecule has 0 amide bonds. The summed E-state index contributed by atoms with van der Waals surface area (Å²) in [5, 5.41) is 14.6. The zero-order chi connectivity index (χ0) is 13.8. The first-order valence-corrected chi connectivity index (χ1v) is 6.42. The summed E-state index contributed by atoms with van der Waals surface area (Å²) < 4.78 is 0. The molecule has 0 atom stereocenters. The van der Waals surface area contributed by atoms with Crippen LogP contribution in [0.5, 0.6) is 0 Å². The first-order valence-electron chi connectivity index (χ1n) is 6.42. The van der Waals surface area contributed by atoms with Crippen molar-refractivity contribution in [2.24, 2.45) is 0 Å². The van der Waals surface area contributed by atoms with Gasteiger partial charge in [-0.15, -0.1) is 0 Å². The van der Waals surface area contributed by atoms with Crippen molar-refractivity contribution in [1.29, 1.82) is 5.26 Å². The molecule has 0 saturated heterocycles. The van der Waals surface area contributed by atoms with Crippen LogP contribution in [0.25, 0.3) is 10.8 Å². The Kier molecular flexibility index (Phi) is 3.30. The minimum Gasteiger partial charge on any atom is -0.380 e. The summed E-state index contributed by atoms with van der Waals surface area (Å²) in [6.45, 7) is 0.684. The summed E-state index contributed by atoms with van der Waals surface area (Å²) in [6, 6.07) is 17.9. The zero-order valence-electron chi connectivity index (χ0n) is 10.9. The topological polar surface area (TPSA) is 48.7 Å². The van der Waals surface area contributed by atoms with Crippen molar-refractivity contribution in [2.75, 3.05) is 5.32 Å². The van der Waals surface area contributed by atoms with E-state index < -0.39 is 0 Å². The van der Waals surface area contributed by atoms with Gasteiger partial charge in [0.15, 0.2) is 0 Å². The molecule has 96 valence electrons. The van der Waals surface area contributed by atoms with E-state index in [2.05, 4.69) is 22.4 Å². The molecule has 0 aliphatic carbocycles. The summed E-state index contributed by atoms with van der Waals surface area (Å²) in [7, 11) is 0. The Morgan fingerprint density at radius 3 is 2.90 bits per heavy atom. The molecule has 1 heterocycles. The number of aromatic nitrogens is 1. The van der Waals surface area contributed by atoms with Crippen molar-refractivity contribution in [3.63, 3.8) is 0 Å². The number of anilines is 1. The van der Waals surface area contributed by atoms with E-state index in [-0.39, 0.29) is 0 Å². The molecular weight excluding hydrogens is 246 g/mol. The highest BCUT2D eigenvalue weighted by atomic mass is 14.9. The van der Waals surface area contributed by atoms with Gasteiger partial charge in [-0.25, -0.2) is 0 Å². The van der Waals surface area contributed by atoms with Crippen LogP contribution in [0, 0.1) is 11.3 Å². The molecule has 3 rings (SSSR count). The van der Waals surface area contributed by atoms with Gasteiger partial charge in [-0.3, -0.25) is 4.98 Å². The highest BCUT2D eigenvalue weighted by Crippen LogP contribution is 2.22. The lowest BCUT2D eigenvalue weighted by molar-refractivity contribution is 1.15. The van der Waals surface area contributed by atoms with Gasteiger partial charge < -0.3 is 5.32 Å². The second-order valence-corrected chi connectivity index (χ2v) is 4.57. The lowest BCUT2D eigenvalue weighted by Crippen LogP contribution is -2.00. The number of pyridine rings is 1. The Hall–Kier alpha value is -2.86. The average molecular weight is 259 g/mol. The van der Waals surface area contributed by atoms with E-state index in [9.17, 15) is 0 Å². The quantitative estimate of drug-likeness (QED) is 0.779. The fourth-order valence-electron chi connectivity index (χ4n) is 2.22. The molecule has 3 nitrogen and oxygen atoms in total. The minimum absolute atomic E-state index is 0.684. The average Bonchev–Trinajstić information content (AvgIpc) is 2.53. The summed E-state index contributed by atoms with van der Waals surface area (Å²) in [5.74, 6) is 0. The molecular formula is C17H13N3. The smallest absolute Gasteiger partial charge is 0.0991 e. The van der Waals surface area contributed by atoms with E-state index in [1.54, 1.807) is 6.20 Å². The van der Waals surface area contributed by atoms with Crippen LogP contribution in [-0.4, -0.2) is 4.98 Å². The first-order chi connectivity index (χ1) is 9.86. The maximum atomic E-state index is 8.91. The Morgan fingerprint density at radius 1 is 1.10 bits per heavy atom. The van der Waals surface area contributed by atoms with Crippen molar-refractivity contribution in [2.45, 2.75) is 6.54 Å². The molecule has 0 fully saturated rings. The number of nitriles is 1. The number of nitrogens with zero attached hydrogens (tertiary/aromatic N) is 2. The molecule has 3 heteroatoms. The first kappa shape index (κ1) is 12.2. The SMILES string of the molecule is N#Cc1cccc(CNc2cccc3ccncc23)c1. The molecule has 1 aromatic heterocycles. The maximum absolute atomic E-state index is 8.91. The van der Waals surface area contributed by atoms with Crippen LogP contribution in [-0.2, 0) is 6.54 Å². The molecule has 0 bridgehead atoms. The Bertz CT molecular complexity index is 782. The van der Waals surface area contributed by atoms with Crippen LogP contribution in [0.1, 0.15) is 11.1 Å². The molecule has 3 aromatic rings. The normalized spacial score (nSPS) is 10.2. The van der Waals surface area contributed by atoms with Gasteiger partial charge in [0.25, 0.3) is 0 Å². The molecule has 0 radical (unpaired) electrons. The number of hydrogen-bond acceptors (Lipinski definition) is 3. The summed E-state index contributed by atoms with van der Waals surface area (Å²) in [4.78, 5) is 4.17. The van der Waals surface area contributed by atoms with E-state index in [0.717, 1.165) is 22.0 Å². The van der Waals surface area contributed by atoms with Crippen LogP contribution in [0.3, 0.4) is 0 Å². The molecule has 0 spiro atoms. The van der Waals surface area contributed by atoms with Crippen LogP contribution in [0.4, 0.5) is 5.69 Å². The van der Waals surface area contributed by atoms with E-state index in [4.69, 9.17) is 5.26 Å². The summed E-state index contributed by atoms with van der Waals surface area (Å²) in [6.07, 6.45) is 3.66. The number of fused-ring (bicyclic) bond motifs is 1. The van der Waals surface area contributed by atoms with E-state index in [1.165, 1.54) is 0 Å². The second-order valence-electron chi connectivity index (χ2n) is 4.57. The van der Waals surface area contributed by atoms with Crippen molar-refractivity contribution >= 4 is 16.5 Å². The maximum Gasteiger partial charge on any atom is 0.0991 e. The number of hydrogen-bond donors (Lipinski definition) is 1. The molecule has 20 heavy (non-hydrogen) atoms. The second kappa shape index (κ2) is 5.41. The van der Waals surface area contributed by atoms with E-state index in [1.807, 2.05) is 48.7 Å². The Balaban J connectivity index is 1.85. The molecule has 0 saturated carbocycles. The van der Waals surface area contributed by atoms with Gasteiger partial charge in [0.2, 0.25) is 0 Å². The largest absolute Gasteiger partial charge is 0.380 e. The van der Waals surface area contributed by atoms with Crippen LogP contribution < -0.4 is 5.32 Å². The lowest BCUT2D eigenvalue weighted by Gasteiger charge is -2.09. The summed E-state index contributed by atoms with van der Waals surface area (Å²) >= 11 is 0. The van der Waals surface area contributed by atoms with Gasteiger partial charge in [-0.2, -0.15) is 5.26 Å². The molecule has 0 aliphatic rings. The monoisotopic (exact) mass is 259 g/mol. The molecule has 0 aliphatic heterocycles. The van der Waals surface area contributed by atoms with Crippen LogP contribution >= 0.6 is 0 Å². The highest BCUT2D eigenvalue weighted by molar-refractivity contribution is 5.93. The lowest BCUT2D eigenvalue weighted by atomic mass is 10.1. The van der Waals surface area contributed by atoms with Crippen molar-refractivity contribution in [1.82, 2.24) is 4.98 Å². The molecule has 0 unspecified atom stereocenters. The molecule has 1 N–H and O–H groups in total. The van der Waals surface area contributed by atoms with Gasteiger partial charge in [-0.1, -0.05) is 24.3 Å². The van der Waals surface area contributed by atoms with E-state index in [0.29, 0.717) is 12.1 Å². The Morgan fingerprint density at radius 2 is 2.00 bits per heavy atom. The minimum atomic E-state index is 0.684. The standard InChI is InChI=1S/C17H13N3/c18-10-13-3-1-4-14(9-13)11-20-17-6-2-5-15-7-8-19-12-16(15)17/h1-9,12,20H,11H2. The fraction of sp³-hybridized carbons (Fsp3) is 0.0588. The fourth-order valence-corrected chi connectivity index (χ4v) is 2.22. The van der Waals surface area contributed by atoms with E-state index >= 15 is 0 Å². The van der Waals surface area contributed by atoms with Crippen molar-refractivity contribution in [3.05, 3.63) is 72.1 Å². The highest BCUT2D eigenvalue weighted by Gasteiger charge is 2.01. The number of rotatable bonds is 3. The summed E-state index contributed by atoms with van der Waals surface area (Å²) in [5.41, 5.74) is 2.83. The third-order valence-electron chi connectivity index (χ3n) is 3.22. The van der Waals surface area contributed by atoms with Gasteiger partial charge >= 0.3 is 0 Å². The van der Waals surface area contributed by atoms with Gasteiger partial charge in [0.05, 0.1) is 11.6 Å². The zero-order valence-corrected chi connectivity index (χ0v) is 10.9. The van der Waals surface area contributed by atoms with Gasteiger partial charge in [0, 0.05) is 30.0 Å². The third kappa shape index (κ3) is 2.45. The molecule has 2 aromatic carbocycles. The Labute approximate surface area is 117 Å². The predicted octanol–water partition coefficient (Wildman–Crippen LogP) is 3.72. The van der Waals surface area contributed by atoms with Crippen molar-refractivity contribution in [3.8, 4) is 6.07 Å². The van der Waals surface area contributed by atoms with Crippen LogP contribution in [0.2, 0.25) is 0 Å². The van der Waals surface area contributed by atoms with Gasteiger partial charge in [0.1, 0.15) is 0 Å². The predicted molar refractivity (Wildman–Crippen MR) is 80.2 cm³/mol.